The lowest BCUT2D eigenvalue weighted by Crippen LogP contribution is -2.55. The van der Waals surface area contributed by atoms with Crippen LogP contribution >= 0.6 is 0 Å². The van der Waals surface area contributed by atoms with Gasteiger partial charge in [0, 0.05) is 39.8 Å². The Morgan fingerprint density at radius 3 is 2.42 bits per heavy atom. The van der Waals surface area contributed by atoms with Crippen LogP contribution in [-0.2, 0) is 0 Å². The van der Waals surface area contributed by atoms with E-state index in [4.69, 9.17) is 0 Å². The molecule has 0 N–H and O–H groups in total. The Balaban J connectivity index is 2.40. The second-order valence-electron chi connectivity index (χ2n) is 3.74. The van der Waals surface area contributed by atoms with Gasteiger partial charge in [-0.25, -0.2) is 10.0 Å². The summed E-state index contributed by atoms with van der Waals surface area (Å²) in [6.07, 6.45) is 0. The highest BCUT2D eigenvalue weighted by atomic mass is 15.6. The number of hydrogen-bond donors (Lipinski definition) is 0. The third-order valence-electron chi connectivity index (χ3n) is 2.72. The summed E-state index contributed by atoms with van der Waals surface area (Å²) in [4.78, 5) is 2.53. The number of rotatable bonds is 2. The average molecular weight is 171 g/mol. The highest BCUT2D eigenvalue weighted by molar-refractivity contribution is 4.75. The first-order valence-corrected chi connectivity index (χ1v) is 4.81. The van der Waals surface area contributed by atoms with Crippen LogP contribution in [0.25, 0.3) is 0 Å². The Morgan fingerprint density at radius 2 is 2.00 bits per heavy atom. The second kappa shape index (κ2) is 4.21. The van der Waals surface area contributed by atoms with Gasteiger partial charge in [-0.15, -0.1) is 0 Å². The minimum atomic E-state index is 0.700. The zero-order valence-electron chi connectivity index (χ0n) is 8.75. The molecule has 1 heterocycles. The molecule has 1 rings (SSSR count). The first-order chi connectivity index (χ1) is 5.65. The zero-order valence-corrected chi connectivity index (χ0v) is 8.75. The molecule has 0 amide bonds. The van der Waals surface area contributed by atoms with Crippen LogP contribution in [0.5, 0.6) is 0 Å². The summed E-state index contributed by atoms with van der Waals surface area (Å²) in [6, 6.07) is 0.700. The predicted molar refractivity (Wildman–Crippen MR) is 52.0 cm³/mol. The molecule has 12 heavy (non-hydrogen) atoms. The molecule has 1 aliphatic heterocycles. The lowest BCUT2D eigenvalue weighted by atomic mass is 10.2. The van der Waals surface area contributed by atoms with Gasteiger partial charge in [0.05, 0.1) is 0 Å². The molecular formula is C9H21N3. The van der Waals surface area contributed by atoms with Gasteiger partial charge >= 0.3 is 0 Å². The number of likely N-dealkylation sites (N-methyl/N-ethyl adjacent to an activating group) is 1. The maximum absolute atomic E-state index is 2.53. The molecule has 1 atom stereocenters. The summed E-state index contributed by atoms with van der Waals surface area (Å²) >= 11 is 0. The third kappa shape index (κ3) is 2.19. The van der Waals surface area contributed by atoms with Crippen LogP contribution in [0.3, 0.4) is 0 Å². The SMILES string of the molecule is CCN1CCN(N(C)C)CC1C. The van der Waals surface area contributed by atoms with Crippen molar-refractivity contribution in [2.45, 2.75) is 19.9 Å². The quantitative estimate of drug-likeness (QED) is 0.598. The summed E-state index contributed by atoms with van der Waals surface area (Å²) in [5.41, 5.74) is 0. The fraction of sp³-hybridized carbons (Fsp3) is 1.00. The summed E-state index contributed by atoms with van der Waals surface area (Å²) in [5, 5.41) is 4.60. The highest BCUT2D eigenvalue weighted by Crippen LogP contribution is 2.08. The van der Waals surface area contributed by atoms with Crippen molar-refractivity contribution in [3.05, 3.63) is 0 Å². The Hall–Kier alpha value is -0.120. The van der Waals surface area contributed by atoms with Crippen molar-refractivity contribution >= 4 is 0 Å². The van der Waals surface area contributed by atoms with E-state index in [-0.39, 0.29) is 0 Å². The molecule has 1 aliphatic rings. The van der Waals surface area contributed by atoms with Crippen molar-refractivity contribution in [1.29, 1.82) is 0 Å². The van der Waals surface area contributed by atoms with Crippen molar-refractivity contribution in [1.82, 2.24) is 14.9 Å². The van der Waals surface area contributed by atoms with Gasteiger partial charge in [0.15, 0.2) is 0 Å². The minimum Gasteiger partial charge on any atom is -0.298 e. The maximum atomic E-state index is 2.53. The molecular weight excluding hydrogens is 150 g/mol. The highest BCUT2D eigenvalue weighted by Gasteiger charge is 2.22. The van der Waals surface area contributed by atoms with E-state index in [2.05, 4.69) is 42.9 Å². The normalized spacial score (nSPS) is 28.2. The van der Waals surface area contributed by atoms with Crippen molar-refractivity contribution in [3.8, 4) is 0 Å². The molecule has 0 aliphatic carbocycles. The molecule has 3 heteroatoms. The zero-order chi connectivity index (χ0) is 9.14. The fourth-order valence-corrected chi connectivity index (χ4v) is 1.81. The smallest absolute Gasteiger partial charge is 0.0287 e. The van der Waals surface area contributed by atoms with E-state index < -0.39 is 0 Å². The molecule has 1 fully saturated rings. The molecule has 0 aromatic carbocycles. The maximum Gasteiger partial charge on any atom is 0.0287 e. The summed E-state index contributed by atoms with van der Waals surface area (Å²) < 4.78 is 0. The van der Waals surface area contributed by atoms with Gasteiger partial charge in [-0.2, -0.15) is 0 Å². The minimum absolute atomic E-state index is 0.700. The molecule has 3 nitrogen and oxygen atoms in total. The lowest BCUT2D eigenvalue weighted by Gasteiger charge is -2.41. The first-order valence-electron chi connectivity index (χ1n) is 4.81. The van der Waals surface area contributed by atoms with Crippen molar-refractivity contribution in [2.24, 2.45) is 0 Å². The van der Waals surface area contributed by atoms with Crippen LogP contribution in [0.2, 0.25) is 0 Å². The molecule has 0 saturated carbocycles. The molecule has 0 radical (unpaired) electrons. The monoisotopic (exact) mass is 171 g/mol. The van der Waals surface area contributed by atoms with Gasteiger partial charge in [-0.3, -0.25) is 4.90 Å². The number of piperazine rings is 1. The Morgan fingerprint density at radius 1 is 1.33 bits per heavy atom. The average Bonchev–Trinajstić information content (AvgIpc) is 2.04. The van der Waals surface area contributed by atoms with E-state index in [0.717, 1.165) is 0 Å². The predicted octanol–water partition coefficient (Wildman–Crippen LogP) is 0.489. The standard InChI is InChI=1S/C9H21N3/c1-5-11-6-7-12(10(3)4)8-9(11)2/h9H,5-8H2,1-4H3. The van der Waals surface area contributed by atoms with Crippen molar-refractivity contribution in [2.75, 3.05) is 40.3 Å². The van der Waals surface area contributed by atoms with Gasteiger partial charge < -0.3 is 0 Å². The Bertz CT molecular complexity index is 136. The van der Waals surface area contributed by atoms with Gasteiger partial charge in [-0.05, 0) is 13.5 Å². The largest absolute Gasteiger partial charge is 0.298 e. The molecule has 0 bridgehead atoms. The lowest BCUT2D eigenvalue weighted by molar-refractivity contribution is -0.0394. The number of hydrazine groups is 1. The van der Waals surface area contributed by atoms with Crippen LogP contribution in [0, 0.1) is 0 Å². The van der Waals surface area contributed by atoms with E-state index in [0.29, 0.717) is 6.04 Å². The van der Waals surface area contributed by atoms with Crippen LogP contribution in [0.15, 0.2) is 0 Å². The van der Waals surface area contributed by atoms with Gasteiger partial charge in [0.25, 0.3) is 0 Å². The van der Waals surface area contributed by atoms with Gasteiger partial charge in [-0.1, -0.05) is 6.92 Å². The molecule has 0 spiro atoms. The molecule has 1 unspecified atom stereocenters. The van der Waals surface area contributed by atoms with E-state index in [9.17, 15) is 0 Å². The number of hydrogen-bond acceptors (Lipinski definition) is 3. The molecule has 0 aromatic heterocycles. The van der Waals surface area contributed by atoms with E-state index >= 15 is 0 Å². The number of nitrogens with zero attached hydrogens (tertiary/aromatic N) is 3. The topological polar surface area (TPSA) is 9.72 Å². The summed E-state index contributed by atoms with van der Waals surface area (Å²) in [7, 11) is 4.24. The van der Waals surface area contributed by atoms with Gasteiger partial charge in [0.2, 0.25) is 0 Å². The Kier molecular flexibility index (Phi) is 3.50. The van der Waals surface area contributed by atoms with Crippen LogP contribution in [0.4, 0.5) is 0 Å². The fourth-order valence-electron chi connectivity index (χ4n) is 1.81. The van der Waals surface area contributed by atoms with Crippen LogP contribution in [0.1, 0.15) is 13.8 Å². The first kappa shape index (κ1) is 9.96. The Labute approximate surface area is 75.9 Å². The third-order valence-corrected chi connectivity index (χ3v) is 2.72. The van der Waals surface area contributed by atoms with E-state index in [1.165, 1.54) is 26.2 Å². The van der Waals surface area contributed by atoms with Crippen LogP contribution in [-0.4, -0.2) is 61.2 Å². The molecule has 1 saturated heterocycles. The summed E-state index contributed by atoms with van der Waals surface area (Å²) in [5.74, 6) is 0. The molecule has 72 valence electrons. The van der Waals surface area contributed by atoms with Gasteiger partial charge in [0.1, 0.15) is 0 Å². The van der Waals surface area contributed by atoms with Crippen molar-refractivity contribution in [3.63, 3.8) is 0 Å². The van der Waals surface area contributed by atoms with Crippen molar-refractivity contribution < 1.29 is 0 Å². The summed E-state index contributed by atoms with van der Waals surface area (Å²) in [6.45, 7) is 9.27. The van der Waals surface area contributed by atoms with E-state index in [1.807, 2.05) is 0 Å². The van der Waals surface area contributed by atoms with E-state index in [1.54, 1.807) is 0 Å². The molecule has 0 aromatic rings. The van der Waals surface area contributed by atoms with Crippen LogP contribution < -0.4 is 0 Å². The second-order valence-corrected chi connectivity index (χ2v) is 3.74.